The molecule has 0 radical (unpaired) electrons. The quantitative estimate of drug-likeness (QED) is 0.157. The monoisotopic (exact) mass is 547 g/mol. The van der Waals surface area contributed by atoms with E-state index in [0.29, 0.717) is 16.6 Å². The molecule has 1 heterocycles. The Hall–Kier alpha value is -2.02. The molecule has 0 unspecified atom stereocenters. The summed E-state index contributed by atoms with van der Waals surface area (Å²) in [7, 11) is 0. The second-order valence-electron chi connectivity index (χ2n) is 7.02. The van der Waals surface area contributed by atoms with Crippen LogP contribution in [0.1, 0.15) is 22.4 Å². The Morgan fingerprint density at radius 3 is 2.40 bits per heavy atom. The van der Waals surface area contributed by atoms with E-state index in [9.17, 15) is 0 Å². The average Bonchev–Trinajstić information content (AvgIpc) is 3.00. The predicted octanol–water partition coefficient (Wildman–Crippen LogP) is 7.03. The van der Waals surface area contributed by atoms with Crippen molar-refractivity contribution >= 4 is 62.9 Å². The van der Waals surface area contributed by atoms with Crippen LogP contribution >= 0.6 is 45.8 Å². The minimum absolute atomic E-state index is 0.468. The van der Waals surface area contributed by atoms with Crippen LogP contribution in [0.5, 0.6) is 0 Å². The Kier molecular flexibility index (Phi) is 6.66. The van der Waals surface area contributed by atoms with Gasteiger partial charge in [0, 0.05) is 47.9 Å². The summed E-state index contributed by atoms with van der Waals surface area (Å²) in [6.07, 6.45) is 1.88. The first-order valence-electron chi connectivity index (χ1n) is 9.55. The average molecular weight is 548 g/mol. The zero-order valence-corrected chi connectivity index (χ0v) is 20.0. The summed E-state index contributed by atoms with van der Waals surface area (Å²) in [6, 6.07) is 22.6. The van der Waals surface area contributed by atoms with Crippen LogP contribution in [0.3, 0.4) is 0 Å². The number of benzene rings is 3. The van der Waals surface area contributed by atoms with Gasteiger partial charge >= 0.3 is 0 Å². The molecule has 1 N–H and O–H groups in total. The first-order valence-corrected chi connectivity index (χ1v) is 11.4. The number of hydrogen-bond donors (Lipinski definition) is 1. The van der Waals surface area contributed by atoms with Crippen molar-refractivity contribution in [3.8, 4) is 0 Å². The number of hydrazone groups is 1. The van der Waals surface area contributed by atoms with Gasteiger partial charge in [-0.2, -0.15) is 5.10 Å². The summed E-state index contributed by atoms with van der Waals surface area (Å²) in [4.78, 5) is 0. The second kappa shape index (κ2) is 9.41. The van der Waals surface area contributed by atoms with E-state index >= 15 is 0 Å². The normalized spacial score (nSPS) is 11.5. The summed E-state index contributed by atoms with van der Waals surface area (Å²) in [5.41, 5.74) is 8.68. The third-order valence-electron chi connectivity index (χ3n) is 5.14. The summed E-state index contributed by atoms with van der Waals surface area (Å²) in [5, 5.41) is 6.91. The van der Waals surface area contributed by atoms with Crippen molar-refractivity contribution in [3.63, 3.8) is 0 Å². The highest BCUT2D eigenvalue weighted by Crippen LogP contribution is 2.26. The molecule has 0 atom stereocenters. The molecule has 4 aromatic rings. The van der Waals surface area contributed by atoms with Gasteiger partial charge < -0.3 is 9.99 Å². The zero-order chi connectivity index (χ0) is 21.1. The van der Waals surface area contributed by atoms with Gasteiger partial charge in [0.15, 0.2) is 0 Å². The zero-order valence-electron chi connectivity index (χ0n) is 16.4. The fraction of sp³-hybridized carbons (Fsp3) is 0.125. The van der Waals surface area contributed by atoms with Crippen LogP contribution < -0.4 is 5.43 Å². The van der Waals surface area contributed by atoms with Crippen LogP contribution in [0.25, 0.3) is 10.9 Å². The van der Waals surface area contributed by atoms with Gasteiger partial charge in [0.2, 0.25) is 0 Å². The van der Waals surface area contributed by atoms with Crippen LogP contribution in [0.2, 0.25) is 10.0 Å². The predicted molar refractivity (Wildman–Crippen MR) is 136 cm³/mol. The van der Waals surface area contributed by atoms with Gasteiger partial charge in [-0.25, -0.2) is 0 Å². The molecule has 4 rings (SSSR count). The van der Waals surface area contributed by atoms with Gasteiger partial charge in [-0.1, -0.05) is 59.6 Å². The number of para-hydroxylation sites is 1. The van der Waals surface area contributed by atoms with E-state index in [1.807, 2.05) is 24.4 Å². The molecule has 0 bridgehead atoms. The SMILES string of the molecule is Cc1c(/C=N/NCc2c(Cl)cccc2Cl)c2ccccc2n1Cc1ccc(I)cc1. The number of nitrogens with one attached hydrogen (secondary N) is 1. The van der Waals surface area contributed by atoms with Gasteiger partial charge in [-0.3, -0.25) is 0 Å². The third kappa shape index (κ3) is 4.51. The van der Waals surface area contributed by atoms with Crippen LogP contribution in [0.4, 0.5) is 0 Å². The Morgan fingerprint density at radius 2 is 1.67 bits per heavy atom. The fourth-order valence-corrected chi connectivity index (χ4v) is 4.42. The van der Waals surface area contributed by atoms with E-state index in [2.05, 4.69) is 93.1 Å². The molecular formula is C24H20Cl2IN3. The van der Waals surface area contributed by atoms with Gasteiger partial charge in [0.05, 0.1) is 12.8 Å². The van der Waals surface area contributed by atoms with Crippen LogP contribution in [0.15, 0.2) is 71.8 Å². The Balaban J connectivity index is 1.60. The van der Waals surface area contributed by atoms with E-state index in [1.54, 1.807) is 0 Å². The molecule has 3 nitrogen and oxygen atoms in total. The first kappa shape index (κ1) is 21.2. The molecule has 0 aliphatic rings. The largest absolute Gasteiger partial charge is 0.340 e. The molecule has 6 heteroatoms. The van der Waals surface area contributed by atoms with E-state index < -0.39 is 0 Å². The summed E-state index contributed by atoms with van der Waals surface area (Å²) in [6.45, 7) is 3.42. The van der Waals surface area contributed by atoms with Crippen molar-refractivity contribution in [2.24, 2.45) is 5.10 Å². The molecule has 0 fully saturated rings. The van der Waals surface area contributed by atoms with Gasteiger partial charge in [-0.05, 0) is 65.4 Å². The number of rotatable bonds is 6. The van der Waals surface area contributed by atoms with Crippen molar-refractivity contribution in [3.05, 3.63) is 103 Å². The molecule has 0 saturated carbocycles. The highest BCUT2D eigenvalue weighted by molar-refractivity contribution is 14.1. The molecule has 0 aliphatic carbocycles. The number of aromatic nitrogens is 1. The molecule has 0 saturated heterocycles. The topological polar surface area (TPSA) is 29.3 Å². The molecule has 0 amide bonds. The van der Waals surface area contributed by atoms with Crippen LogP contribution in [0, 0.1) is 10.5 Å². The molecule has 1 aromatic heterocycles. The van der Waals surface area contributed by atoms with E-state index in [0.717, 1.165) is 17.7 Å². The van der Waals surface area contributed by atoms with Crippen molar-refractivity contribution in [1.82, 2.24) is 9.99 Å². The lowest BCUT2D eigenvalue weighted by Gasteiger charge is -2.09. The van der Waals surface area contributed by atoms with Crippen molar-refractivity contribution in [1.29, 1.82) is 0 Å². The van der Waals surface area contributed by atoms with E-state index in [4.69, 9.17) is 23.2 Å². The van der Waals surface area contributed by atoms with Gasteiger partial charge in [-0.15, -0.1) is 0 Å². The number of halogens is 3. The van der Waals surface area contributed by atoms with Gasteiger partial charge in [0.25, 0.3) is 0 Å². The molecule has 152 valence electrons. The first-order chi connectivity index (χ1) is 14.5. The molecule has 3 aromatic carbocycles. The lowest BCUT2D eigenvalue weighted by atomic mass is 10.1. The van der Waals surface area contributed by atoms with Crippen LogP contribution in [-0.4, -0.2) is 10.8 Å². The third-order valence-corrected chi connectivity index (χ3v) is 6.56. The van der Waals surface area contributed by atoms with Crippen molar-refractivity contribution in [2.45, 2.75) is 20.0 Å². The maximum atomic E-state index is 6.24. The van der Waals surface area contributed by atoms with E-state index in [1.165, 1.54) is 25.7 Å². The van der Waals surface area contributed by atoms with Gasteiger partial charge in [0.1, 0.15) is 0 Å². The summed E-state index contributed by atoms with van der Waals surface area (Å²) >= 11 is 14.8. The van der Waals surface area contributed by atoms with Crippen molar-refractivity contribution in [2.75, 3.05) is 0 Å². The highest BCUT2D eigenvalue weighted by Gasteiger charge is 2.13. The minimum atomic E-state index is 0.468. The fourth-order valence-electron chi connectivity index (χ4n) is 3.53. The maximum absolute atomic E-state index is 6.24. The number of hydrogen-bond acceptors (Lipinski definition) is 2. The molecule has 30 heavy (non-hydrogen) atoms. The smallest absolute Gasteiger partial charge is 0.0609 e. The Bertz CT molecular complexity index is 1190. The van der Waals surface area contributed by atoms with Crippen molar-refractivity contribution < 1.29 is 0 Å². The Labute approximate surface area is 199 Å². The van der Waals surface area contributed by atoms with E-state index in [-0.39, 0.29) is 0 Å². The molecule has 0 aliphatic heterocycles. The summed E-state index contributed by atoms with van der Waals surface area (Å²) < 4.78 is 3.58. The highest BCUT2D eigenvalue weighted by atomic mass is 127. The lowest BCUT2D eigenvalue weighted by Crippen LogP contribution is -2.07. The minimum Gasteiger partial charge on any atom is -0.340 e. The second-order valence-corrected chi connectivity index (χ2v) is 9.08. The Morgan fingerprint density at radius 1 is 0.967 bits per heavy atom. The maximum Gasteiger partial charge on any atom is 0.0609 e. The molecular weight excluding hydrogens is 528 g/mol. The van der Waals surface area contributed by atoms with Crippen LogP contribution in [-0.2, 0) is 13.1 Å². The standard InChI is InChI=1S/C24H20Cl2IN3/c1-16-20(13-28-29-14-21-22(25)6-4-7-23(21)26)19-5-2-3-8-24(19)30(16)15-17-9-11-18(27)12-10-17/h2-13,29H,14-15H2,1H3/b28-13+. The number of fused-ring (bicyclic) bond motifs is 1. The summed E-state index contributed by atoms with van der Waals surface area (Å²) in [5.74, 6) is 0. The lowest BCUT2D eigenvalue weighted by molar-refractivity contribution is 0.748. The number of nitrogens with zero attached hydrogens (tertiary/aromatic N) is 2. The molecule has 0 spiro atoms.